The number of para-hydroxylation sites is 2. The maximum Gasteiger partial charge on any atom is 0.312 e. The van der Waals surface area contributed by atoms with E-state index in [9.17, 15) is 14.7 Å². The lowest BCUT2D eigenvalue weighted by Crippen LogP contribution is -2.31. The van der Waals surface area contributed by atoms with Gasteiger partial charge in [0, 0.05) is 17.6 Å². The smallest absolute Gasteiger partial charge is 0.312 e. The minimum absolute atomic E-state index is 0.132. The predicted octanol–water partition coefficient (Wildman–Crippen LogP) is 3.26. The molecule has 0 saturated heterocycles. The number of fused-ring (bicyclic) bond motifs is 2. The van der Waals surface area contributed by atoms with Crippen LogP contribution in [0.15, 0.2) is 59.2 Å². The summed E-state index contributed by atoms with van der Waals surface area (Å²) in [5, 5.41) is 10.1. The number of anilines is 1. The third kappa shape index (κ3) is 2.01. The lowest BCUT2D eigenvalue weighted by atomic mass is 10.0. The molecule has 1 aromatic heterocycles. The van der Waals surface area contributed by atoms with Crippen LogP contribution in [0.2, 0.25) is 0 Å². The molecule has 3 aromatic rings. The van der Waals surface area contributed by atoms with Gasteiger partial charge in [0.05, 0.1) is 5.56 Å². The lowest BCUT2D eigenvalue weighted by Gasteiger charge is -2.16. The number of carboxylic acids is 1. The summed E-state index contributed by atoms with van der Waals surface area (Å²) in [6.07, 6.45) is 1.43. The summed E-state index contributed by atoms with van der Waals surface area (Å²) in [4.78, 5) is 25.9. The van der Waals surface area contributed by atoms with E-state index in [4.69, 9.17) is 4.42 Å². The van der Waals surface area contributed by atoms with Crippen LogP contribution in [-0.2, 0) is 4.79 Å². The van der Waals surface area contributed by atoms with E-state index in [1.54, 1.807) is 30.3 Å². The first-order valence-electron chi connectivity index (χ1n) is 7.26. The molecular weight excluding hydrogens is 294 g/mol. The zero-order chi connectivity index (χ0) is 16.0. The molecule has 1 amide bonds. The van der Waals surface area contributed by atoms with Gasteiger partial charge in [-0.15, -0.1) is 0 Å². The second kappa shape index (κ2) is 4.98. The van der Waals surface area contributed by atoms with Gasteiger partial charge in [-0.25, -0.2) is 0 Å². The number of aliphatic carboxylic acids is 1. The summed E-state index contributed by atoms with van der Waals surface area (Å²) in [5.74, 6) is -1.87. The number of hydrogen-bond donors (Lipinski definition) is 1. The van der Waals surface area contributed by atoms with E-state index in [1.807, 2.05) is 18.2 Å². The Labute approximate surface area is 131 Å². The standard InChI is InChI=1S/C18H13NO4/c20-17(14-10-23-16-8-4-2-6-12(14)16)19-9-13(18(21)22)11-5-1-3-7-15(11)19/h1-8,10,13H,9H2,(H,21,22)/t13-/m1/s1. The van der Waals surface area contributed by atoms with Gasteiger partial charge in [-0.2, -0.15) is 0 Å². The molecule has 1 aliphatic heterocycles. The van der Waals surface area contributed by atoms with Crippen LogP contribution in [0.4, 0.5) is 5.69 Å². The third-order valence-corrected chi connectivity index (χ3v) is 4.22. The number of rotatable bonds is 2. The number of nitrogens with zero attached hydrogens (tertiary/aromatic N) is 1. The fourth-order valence-electron chi connectivity index (χ4n) is 3.10. The van der Waals surface area contributed by atoms with Crippen molar-refractivity contribution in [3.63, 3.8) is 0 Å². The van der Waals surface area contributed by atoms with Crippen molar-refractivity contribution in [3.05, 3.63) is 65.9 Å². The van der Waals surface area contributed by atoms with E-state index in [0.717, 1.165) is 5.39 Å². The Bertz CT molecular complexity index is 927. The van der Waals surface area contributed by atoms with Gasteiger partial charge in [0.2, 0.25) is 0 Å². The highest BCUT2D eigenvalue weighted by Crippen LogP contribution is 2.37. The number of amides is 1. The van der Waals surface area contributed by atoms with Crippen molar-refractivity contribution in [1.29, 1.82) is 0 Å². The molecule has 0 aliphatic carbocycles. The number of hydrogen-bond acceptors (Lipinski definition) is 3. The van der Waals surface area contributed by atoms with E-state index >= 15 is 0 Å². The second-order valence-electron chi connectivity index (χ2n) is 5.51. The summed E-state index contributed by atoms with van der Waals surface area (Å²) in [7, 11) is 0. The van der Waals surface area contributed by atoms with Gasteiger partial charge in [0.1, 0.15) is 17.8 Å². The van der Waals surface area contributed by atoms with Crippen molar-refractivity contribution in [2.45, 2.75) is 5.92 Å². The van der Waals surface area contributed by atoms with E-state index in [2.05, 4.69) is 0 Å². The van der Waals surface area contributed by atoms with Gasteiger partial charge < -0.3 is 14.4 Å². The van der Waals surface area contributed by atoms with Crippen LogP contribution in [0.3, 0.4) is 0 Å². The Balaban J connectivity index is 1.79. The van der Waals surface area contributed by atoms with Gasteiger partial charge in [-0.05, 0) is 17.7 Å². The Morgan fingerprint density at radius 1 is 1.09 bits per heavy atom. The molecule has 5 nitrogen and oxygen atoms in total. The molecule has 2 heterocycles. The number of carbonyl (C=O) groups is 2. The molecule has 0 fully saturated rings. The van der Waals surface area contributed by atoms with E-state index in [-0.39, 0.29) is 12.5 Å². The molecule has 1 atom stereocenters. The summed E-state index contributed by atoms with van der Waals surface area (Å²) >= 11 is 0. The minimum Gasteiger partial charge on any atom is -0.481 e. The van der Waals surface area contributed by atoms with Crippen molar-refractivity contribution in [2.24, 2.45) is 0 Å². The van der Waals surface area contributed by atoms with Crippen LogP contribution in [0, 0.1) is 0 Å². The minimum atomic E-state index is -0.926. The molecular formula is C18H13NO4. The van der Waals surface area contributed by atoms with E-state index in [0.29, 0.717) is 22.4 Å². The Hall–Kier alpha value is -3.08. The van der Waals surface area contributed by atoms with Crippen LogP contribution in [-0.4, -0.2) is 23.5 Å². The number of carboxylic acid groups (broad SMARTS) is 1. The third-order valence-electron chi connectivity index (χ3n) is 4.22. The summed E-state index contributed by atoms with van der Waals surface area (Å²) in [5.41, 5.74) is 2.40. The van der Waals surface area contributed by atoms with E-state index in [1.165, 1.54) is 11.2 Å². The average Bonchev–Trinajstić information content (AvgIpc) is 3.16. The molecule has 0 unspecified atom stereocenters. The zero-order valence-corrected chi connectivity index (χ0v) is 12.1. The lowest BCUT2D eigenvalue weighted by molar-refractivity contribution is -0.138. The van der Waals surface area contributed by atoms with Crippen molar-refractivity contribution in [3.8, 4) is 0 Å². The predicted molar refractivity (Wildman–Crippen MR) is 84.7 cm³/mol. The molecule has 23 heavy (non-hydrogen) atoms. The normalized spacial score (nSPS) is 16.5. The van der Waals surface area contributed by atoms with Gasteiger partial charge in [0.15, 0.2) is 0 Å². The molecule has 0 radical (unpaired) electrons. The second-order valence-corrected chi connectivity index (χ2v) is 5.51. The molecule has 1 aliphatic rings. The van der Waals surface area contributed by atoms with Crippen LogP contribution in [0.5, 0.6) is 0 Å². The highest BCUT2D eigenvalue weighted by Gasteiger charge is 2.37. The molecule has 0 saturated carbocycles. The van der Waals surface area contributed by atoms with Crippen LogP contribution >= 0.6 is 0 Å². The van der Waals surface area contributed by atoms with Crippen molar-refractivity contribution < 1.29 is 19.1 Å². The molecule has 4 rings (SSSR count). The summed E-state index contributed by atoms with van der Waals surface area (Å²) in [6, 6.07) is 14.4. The first kappa shape index (κ1) is 13.6. The first-order valence-corrected chi connectivity index (χ1v) is 7.26. The number of benzene rings is 2. The molecule has 0 bridgehead atoms. The van der Waals surface area contributed by atoms with Gasteiger partial charge in [-0.1, -0.05) is 36.4 Å². The molecule has 0 spiro atoms. The monoisotopic (exact) mass is 307 g/mol. The Morgan fingerprint density at radius 3 is 2.65 bits per heavy atom. The quantitative estimate of drug-likeness (QED) is 0.789. The molecule has 114 valence electrons. The molecule has 1 N–H and O–H groups in total. The first-order chi connectivity index (χ1) is 11.2. The fraction of sp³-hybridized carbons (Fsp3) is 0.111. The van der Waals surface area contributed by atoms with E-state index < -0.39 is 11.9 Å². The van der Waals surface area contributed by atoms with Gasteiger partial charge in [-0.3, -0.25) is 9.59 Å². The van der Waals surface area contributed by atoms with Crippen molar-refractivity contribution >= 4 is 28.5 Å². The van der Waals surface area contributed by atoms with Crippen molar-refractivity contribution in [1.82, 2.24) is 0 Å². The van der Waals surface area contributed by atoms with Gasteiger partial charge >= 0.3 is 5.97 Å². The fourth-order valence-corrected chi connectivity index (χ4v) is 3.10. The van der Waals surface area contributed by atoms with Gasteiger partial charge in [0.25, 0.3) is 5.91 Å². The zero-order valence-electron chi connectivity index (χ0n) is 12.1. The van der Waals surface area contributed by atoms with Crippen LogP contribution < -0.4 is 4.90 Å². The highest BCUT2D eigenvalue weighted by atomic mass is 16.4. The van der Waals surface area contributed by atoms with Crippen molar-refractivity contribution in [2.75, 3.05) is 11.4 Å². The average molecular weight is 307 g/mol. The van der Waals surface area contributed by atoms with Crippen LogP contribution in [0.1, 0.15) is 21.8 Å². The summed E-state index contributed by atoms with van der Waals surface area (Å²) in [6.45, 7) is 0.132. The number of furan rings is 1. The topological polar surface area (TPSA) is 70.8 Å². The SMILES string of the molecule is O=C(O)[C@@H]1CN(C(=O)c2coc3ccccc23)c2ccccc21. The largest absolute Gasteiger partial charge is 0.481 e. The Morgan fingerprint density at radius 2 is 1.83 bits per heavy atom. The maximum absolute atomic E-state index is 12.9. The maximum atomic E-state index is 12.9. The Kier molecular flexibility index (Phi) is 2.94. The molecule has 2 aromatic carbocycles. The number of carbonyl (C=O) groups excluding carboxylic acids is 1. The molecule has 5 heteroatoms. The summed E-state index contributed by atoms with van der Waals surface area (Å²) < 4.78 is 5.43. The highest BCUT2D eigenvalue weighted by molar-refractivity contribution is 6.15. The van der Waals surface area contributed by atoms with Crippen LogP contribution in [0.25, 0.3) is 11.0 Å².